The number of aromatic nitrogens is 4. The number of hydrogen-bond donors (Lipinski definition) is 0. The van der Waals surface area contributed by atoms with Crippen molar-refractivity contribution in [1.29, 1.82) is 0 Å². The van der Waals surface area contributed by atoms with Crippen LogP contribution in [0.25, 0.3) is 66.6 Å². The van der Waals surface area contributed by atoms with Crippen LogP contribution in [0.4, 0.5) is 0 Å². The minimum atomic E-state index is -0.604. The Morgan fingerprint density at radius 2 is 1.18 bits per heavy atom. The van der Waals surface area contributed by atoms with Crippen molar-refractivity contribution in [1.82, 2.24) is 14.1 Å². The summed E-state index contributed by atoms with van der Waals surface area (Å²) in [4.78, 5) is 5.10. The van der Waals surface area contributed by atoms with Gasteiger partial charge in [0, 0.05) is 17.0 Å². The Morgan fingerprint density at radius 3 is 1.93 bits per heavy atom. The van der Waals surface area contributed by atoms with Gasteiger partial charge in [-0.05, 0) is 125 Å². The lowest BCUT2D eigenvalue weighted by Gasteiger charge is -2.34. The molecule has 10 aromatic rings. The first-order valence-corrected chi connectivity index (χ1v) is 21.2. The maximum atomic E-state index is 5.10. The van der Waals surface area contributed by atoms with Gasteiger partial charge in [-0.25, -0.2) is 9.55 Å². The van der Waals surface area contributed by atoms with Gasteiger partial charge >= 0.3 is 0 Å². The summed E-state index contributed by atoms with van der Waals surface area (Å²) in [6, 6.07) is 65.2. The predicted octanol–water partition coefficient (Wildman–Crippen LogP) is 13.3. The monoisotopic (exact) mass is 775 g/mol. The number of rotatable bonds is 6. The average molecular weight is 776 g/mol. The normalized spacial score (nSPS) is 13.4. The molecule has 0 saturated heterocycles. The van der Waals surface area contributed by atoms with Crippen molar-refractivity contribution in [3.05, 3.63) is 216 Å². The van der Waals surface area contributed by atoms with Gasteiger partial charge in [0.1, 0.15) is 17.0 Å². The van der Waals surface area contributed by atoms with E-state index in [2.05, 4.69) is 231 Å². The molecule has 0 atom stereocenters. The highest BCUT2D eigenvalue weighted by atomic mass is 15.2. The maximum absolute atomic E-state index is 5.10. The number of para-hydroxylation sites is 3. The average Bonchev–Trinajstić information content (AvgIpc) is 3.94. The summed E-state index contributed by atoms with van der Waals surface area (Å²) in [5.74, 6) is 1.31. The molecule has 3 heterocycles. The van der Waals surface area contributed by atoms with E-state index >= 15 is 0 Å². The van der Waals surface area contributed by atoms with Crippen LogP contribution in [0.2, 0.25) is 0 Å². The van der Waals surface area contributed by atoms with Gasteiger partial charge in [0.25, 0.3) is 0 Å². The Labute approximate surface area is 351 Å². The first-order valence-electron chi connectivity index (χ1n) is 21.2. The van der Waals surface area contributed by atoms with Crippen molar-refractivity contribution in [2.75, 3.05) is 0 Å². The van der Waals surface area contributed by atoms with Crippen LogP contribution in [0.1, 0.15) is 68.4 Å². The zero-order valence-electron chi connectivity index (χ0n) is 34.8. The molecule has 290 valence electrons. The van der Waals surface area contributed by atoms with Crippen molar-refractivity contribution in [2.24, 2.45) is 0 Å². The number of benzene rings is 7. The van der Waals surface area contributed by atoms with Gasteiger partial charge in [-0.3, -0.25) is 4.57 Å². The van der Waals surface area contributed by atoms with Crippen LogP contribution in [0.5, 0.6) is 0 Å². The largest absolute Gasteiger partial charge is 0.294 e. The van der Waals surface area contributed by atoms with Gasteiger partial charge in [-0.15, -0.1) is 0 Å². The molecule has 0 saturated carbocycles. The van der Waals surface area contributed by atoms with E-state index in [1.165, 1.54) is 71.9 Å². The molecule has 11 rings (SSSR count). The van der Waals surface area contributed by atoms with Gasteiger partial charge in [-0.2, -0.15) is 4.57 Å². The van der Waals surface area contributed by atoms with Gasteiger partial charge in [-0.1, -0.05) is 141 Å². The molecule has 0 amide bonds. The van der Waals surface area contributed by atoms with E-state index in [4.69, 9.17) is 4.98 Å². The third-order valence-corrected chi connectivity index (χ3v) is 12.8. The summed E-state index contributed by atoms with van der Waals surface area (Å²) in [6.45, 7) is 11.3. The zero-order chi connectivity index (χ0) is 40.8. The molecule has 0 spiro atoms. The quantitative estimate of drug-likeness (QED) is 0.155. The van der Waals surface area contributed by atoms with E-state index in [0.29, 0.717) is 5.92 Å². The van der Waals surface area contributed by atoms with E-state index in [-0.39, 0.29) is 5.54 Å². The fourth-order valence-electron chi connectivity index (χ4n) is 10.2. The fraction of sp³-hybridized carbons (Fsp3) is 0.143. The lowest BCUT2D eigenvalue weighted by atomic mass is 9.67. The minimum absolute atomic E-state index is 0.0902. The second-order valence-electron chi connectivity index (χ2n) is 17.6. The van der Waals surface area contributed by atoms with Crippen LogP contribution >= 0.6 is 0 Å². The summed E-state index contributed by atoms with van der Waals surface area (Å²) >= 11 is 0. The molecule has 0 unspecified atom stereocenters. The molecule has 4 nitrogen and oxygen atoms in total. The second kappa shape index (κ2) is 13.5. The molecule has 7 aromatic carbocycles. The first kappa shape index (κ1) is 36.1. The smallest absolute Gasteiger partial charge is 0.250 e. The summed E-state index contributed by atoms with van der Waals surface area (Å²) in [7, 11) is 0. The molecule has 3 aromatic heterocycles. The molecule has 0 aliphatic heterocycles. The molecule has 1 aliphatic rings. The Bertz CT molecular complexity index is 3250. The van der Waals surface area contributed by atoms with Crippen molar-refractivity contribution < 1.29 is 4.57 Å². The molecular weight excluding hydrogens is 729 g/mol. The van der Waals surface area contributed by atoms with Crippen LogP contribution < -0.4 is 4.57 Å². The van der Waals surface area contributed by atoms with Crippen molar-refractivity contribution in [2.45, 2.75) is 51.5 Å². The second-order valence-corrected chi connectivity index (χ2v) is 17.6. The Morgan fingerprint density at radius 1 is 0.550 bits per heavy atom. The van der Waals surface area contributed by atoms with Crippen molar-refractivity contribution in [3.63, 3.8) is 0 Å². The zero-order valence-corrected chi connectivity index (χ0v) is 34.8. The topological polar surface area (TPSA) is 26.6 Å². The molecular formula is C56H47N4+. The predicted molar refractivity (Wildman–Crippen MR) is 247 cm³/mol. The summed E-state index contributed by atoms with van der Waals surface area (Å²) in [5.41, 5.74) is 16.4. The lowest BCUT2D eigenvalue weighted by Crippen LogP contribution is -2.49. The van der Waals surface area contributed by atoms with Gasteiger partial charge in [0.2, 0.25) is 6.33 Å². The Balaban J connectivity index is 1.19. The maximum Gasteiger partial charge on any atom is 0.250 e. The van der Waals surface area contributed by atoms with Crippen LogP contribution in [-0.4, -0.2) is 14.1 Å². The lowest BCUT2D eigenvalue weighted by molar-refractivity contribution is -0.731. The first-order chi connectivity index (χ1) is 29.2. The summed E-state index contributed by atoms with van der Waals surface area (Å²) in [6.07, 6.45) is 4.25. The SMILES string of the molecule is CC(C)c1ccccc1-c1ccnc(-n2c3ccccc3c3ccc(C4(c5cccc(-n6c[n+](C(C)(C)C)c7ccccc76)c5)c5ccccc5-c5ccccc54)cc32)c1. The molecule has 0 radical (unpaired) electrons. The van der Waals surface area contributed by atoms with E-state index in [0.717, 1.165) is 22.5 Å². The Hall–Kier alpha value is -7.04. The third-order valence-electron chi connectivity index (χ3n) is 12.8. The number of fused-ring (bicyclic) bond motifs is 7. The fourth-order valence-corrected chi connectivity index (χ4v) is 10.2. The van der Waals surface area contributed by atoms with E-state index in [1.807, 2.05) is 6.20 Å². The van der Waals surface area contributed by atoms with Gasteiger partial charge in [0.15, 0.2) is 11.0 Å². The third kappa shape index (κ3) is 5.30. The van der Waals surface area contributed by atoms with E-state index in [1.54, 1.807) is 0 Å². The standard InChI is InChI=1S/C56H47N4/c1-37(2)42-19-6-7-20-43(42)38-31-32-57-54(33-38)60-50-26-13-10-23-46(50)47-30-29-40(35-53(47)60)56(48-24-11-8-21-44(48)45-22-9-12-25-49(45)56)39-17-16-18-41(34-39)58-36-59(55(3,4)5)52-28-15-14-27-51(52)58/h6-37H,1-5H3/q+1. The Kier molecular flexibility index (Phi) is 8.12. The molecule has 0 fully saturated rings. The van der Waals surface area contributed by atoms with Gasteiger partial charge in [0.05, 0.1) is 16.4 Å². The molecule has 0 N–H and O–H groups in total. The summed E-state index contributed by atoms with van der Waals surface area (Å²) in [5, 5.41) is 2.42. The highest BCUT2D eigenvalue weighted by molar-refractivity contribution is 6.09. The summed E-state index contributed by atoms with van der Waals surface area (Å²) < 4.78 is 7.13. The van der Waals surface area contributed by atoms with E-state index in [9.17, 15) is 0 Å². The number of hydrogen-bond acceptors (Lipinski definition) is 1. The van der Waals surface area contributed by atoms with Crippen molar-refractivity contribution >= 4 is 32.8 Å². The molecule has 0 bridgehead atoms. The molecule has 60 heavy (non-hydrogen) atoms. The van der Waals surface area contributed by atoms with Crippen LogP contribution in [0.15, 0.2) is 188 Å². The molecule has 1 aliphatic carbocycles. The number of imidazole rings is 1. The molecule has 4 heteroatoms. The van der Waals surface area contributed by atoms with Crippen molar-refractivity contribution in [3.8, 4) is 33.8 Å². The highest BCUT2D eigenvalue weighted by Crippen LogP contribution is 2.56. The van der Waals surface area contributed by atoms with Crippen LogP contribution in [0, 0.1) is 0 Å². The minimum Gasteiger partial charge on any atom is -0.294 e. The number of nitrogens with zero attached hydrogens (tertiary/aromatic N) is 4. The number of pyridine rings is 1. The van der Waals surface area contributed by atoms with Crippen LogP contribution in [-0.2, 0) is 11.0 Å². The van der Waals surface area contributed by atoms with Gasteiger partial charge < -0.3 is 0 Å². The van der Waals surface area contributed by atoms with Crippen LogP contribution in [0.3, 0.4) is 0 Å². The van der Waals surface area contributed by atoms with E-state index < -0.39 is 5.41 Å². The highest BCUT2D eigenvalue weighted by Gasteiger charge is 2.46.